The average molecular weight is 404 g/mol. The van der Waals surface area contributed by atoms with Gasteiger partial charge in [-0.1, -0.05) is 35.3 Å². The molecule has 0 unspecified atom stereocenters. The summed E-state index contributed by atoms with van der Waals surface area (Å²) in [4.78, 5) is 21.4. The summed E-state index contributed by atoms with van der Waals surface area (Å²) in [5, 5.41) is 3.98. The van der Waals surface area contributed by atoms with Crippen LogP contribution < -0.4 is 5.32 Å². The van der Waals surface area contributed by atoms with Crippen LogP contribution >= 0.6 is 35.0 Å². The number of amidine groups is 1. The highest BCUT2D eigenvalue weighted by molar-refractivity contribution is 8.18. The zero-order valence-electron chi connectivity index (χ0n) is 13.4. The molecule has 26 heavy (non-hydrogen) atoms. The fourth-order valence-electron chi connectivity index (χ4n) is 2.48. The lowest BCUT2D eigenvalue weighted by molar-refractivity contribution is -0.115. The number of amides is 1. The number of hydrogen-bond acceptors (Lipinski definition) is 5. The summed E-state index contributed by atoms with van der Waals surface area (Å²) in [5.41, 5.74) is 2.72. The molecule has 1 fully saturated rings. The number of carbonyl (C=O) groups is 1. The Bertz CT molecular complexity index is 1080. The van der Waals surface area contributed by atoms with Gasteiger partial charge in [0.2, 0.25) is 0 Å². The van der Waals surface area contributed by atoms with Gasteiger partial charge in [-0.25, -0.2) is 9.98 Å². The van der Waals surface area contributed by atoms with Crippen LogP contribution in [0.4, 0.5) is 5.69 Å². The van der Waals surface area contributed by atoms with Crippen molar-refractivity contribution in [3.8, 4) is 0 Å². The molecule has 4 rings (SSSR count). The third kappa shape index (κ3) is 3.35. The molecule has 2 heterocycles. The van der Waals surface area contributed by atoms with Crippen LogP contribution in [-0.4, -0.2) is 16.1 Å². The smallest absolute Gasteiger partial charge is 0.264 e. The van der Waals surface area contributed by atoms with E-state index < -0.39 is 0 Å². The molecule has 1 saturated heterocycles. The zero-order valence-corrected chi connectivity index (χ0v) is 15.7. The van der Waals surface area contributed by atoms with Crippen molar-refractivity contribution in [2.24, 2.45) is 4.99 Å². The van der Waals surface area contributed by atoms with Gasteiger partial charge in [0.15, 0.2) is 16.6 Å². The lowest BCUT2D eigenvalue weighted by Crippen LogP contribution is -2.19. The molecule has 0 bridgehead atoms. The lowest BCUT2D eigenvalue weighted by atomic mass is 10.2. The number of halogens is 2. The number of aromatic nitrogens is 1. The molecule has 1 amide bonds. The van der Waals surface area contributed by atoms with E-state index in [0.717, 1.165) is 11.1 Å². The molecule has 0 saturated carbocycles. The molecule has 1 aromatic heterocycles. The molecule has 0 radical (unpaired) electrons. The topological polar surface area (TPSA) is 67.5 Å². The first-order valence-electron chi connectivity index (χ1n) is 7.60. The van der Waals surface area contributed by atoms with E-state index in [9.17, 15) is 4.79 Å². The van der Waals surface area contributed by atoms with Crippen molar-refractivity contribution in [3.63, 3.8) is 0 Å². The first-order valence-corrected chi connectivity index (χ1v) is 9.17. The van der Waals surface area contributed by atoms with Crippen LogP contribution in [0.15, 0.2) is 50.7 Å². The second-order valence-corrected chi connectivity index (χ2v) is 7.36. The molecule has 1 aliphatic rings. The minimum absolute atomic E-state index is 0.231. The molecule has 8 heteroatoms. The predicted molar refractivity (Wildman–Crippen MR) is 106 cm³/mol. The van der Waals surface area contributed by atoms with Crippen LogP contribution in [0.5, 0.6) is 0 Å². The van der Waals surface area contributed by atoms with Gasteiger partial charge in [-0.3, -0.25) is 4.79 Å². The van der Waals surface area contributed by atoms with E-state index >= 15 is 0 Å². The molecule has 3 aromatic rings. The minimum atomic E-state index is -0.231. The number of rotatable bonds is 2. The van der Waals surface area contributed by atoms with Crippen LogP contribution in [-0.2, 0) is 4.79 Å². The van der Waals surface area contributed by atoms with Gasteiger partial charge in [0, 0.05) is 6.92 Å². The zero-order chi connectivity index (χ0) is 18.3. The van der Waals surface area contributed by atoms with Crippen LogP contribution in [0.2, 0.25) is 10.0 Å². The van der Waals surface area contributed by atoms with Gasteiger partial charge in [0.25, 0.3) is 5.91 Å². The fraction of sp³-hybridized carbons (Fsp3) is 0.0556. The van der Waals surface area contributed by atoms with Crippen LogP contribution in [0.1, 0.15) is 11.5 Å². The Morgan fingerprint density at radius 1 is 1.23 bits per heavy atom. The fourth-order valence-corrected chi connectivity index (χ4v) is 3.79. The molecule has 0 spiro atoms. The SMILES string of the molecule is Cc1nc2ccc(/C=C3/SC(=Nc4c(Cl)cccc4Cl)NC3=O)cc2o1. The Hall–Kier alpha value is -2.28. The van der Waals surface area contributed by atoms with Gasteiger partial charge in [-0.05, 0) is 47.7 Å². The van der Waals surface area contributed by atoms with Crippen molar-refractivity contribution in [2.75, 3.05) is 0 Å². The molecule has 0 aliphatic carbocycles. The first kappa shape index (κ1) is 17.1. The lowest BCUT2D eigenvalue weighted by Gasteiger charge is -2.01. The van der Waals surface area contributed by atoms with E-state index in [2.05, 4.69) is 15.3 Å². The molecule has 130 valence electrons. The van der Waals surface area contributed by atoms with Gasteiger partial charge in [0.05, 0.1) is 15.0 Å². The van der Waals surface area contributed by atoms with Crippen molar-refractivity contribution in [3.05, 3.63) is 62.8 Å². The quantitative estimate of drug-likeness (QED) is 0.586. The summed E-state index contributed by atoms with van der Waals surface area (Å²) in [6.45, 7) is 1.79. The van der Waals surface area contributed by atoms with Gasteiger partial charge in [-0.15, -0.1) is 0 Å². The number of nitrogens with zero attached hydrogens (tertiary/aromatic N) is 2. The Morgan fingerprint density at radius 3 is 2.77 bits per heavy atom. The molecule has 1 N–H and O–H groups in total. The van der Waals surface area contributed by atoms with Gasteiger partial charge < -0.3 is 9.73 Å². The summed E-state index contributed by atoms with van der Waals surface area (Å²) in [7, 11) is 0. The molecule has 1 aliphatic heterocycles. The number of carbonyl (C=O) groups excluding carboxylic acids is 1. The summed E-state index contributed by atoms with van der Waals surface area (Å²) < 4.78 is 5.53. The molecular formula is C18H11Cl2N3O2S. The second-order valence-electron chi connectivity index (χ2n) is 5.51. The average Bonchev–Trinajstić information content (AvgIpc) is 3.12. The van der Waals surface area contributed by atoms with Crippen LogP contribution in [0.3, 0.4) is 0 Å². The maximum absolute atomic E-state index is 12.2. The first-order chi connectivity index (χ1) is 12.5. The van der Waals surface area contributed by atoms with Crippen molar-refractivity contribution in [1.29, 1.82) is 0 Å². The predicted octanol–water partition coefficient (Wildman–Crippen LogP) is 5.33. The monoisotopic (exact) mass is 403 g/mol. The number of fused-ring (bicyclic) bond motifs is 1. The number of oxazole rings is 1. The largest absolute Gasteiger partial charge is 0.441 e. The van der Waals surface area contributed by atoms with Gasteiger partial charge in [-0.2, -0.15) is 0 Å². The van der Waals surface area contributed by atoms with Crippen LogP contribution in [0.25, 0.3) is 17.2 Å². The number of aliphatic imine (C=N–C) groups is 1. The highest BCUT2D eigenvalue weighted by atomic mass is 35.5. The second kappa shape index (κ2) is 6.79. The van der Waals surface area contributed by atoms with Crippen molar-refractivity contribution in [2.45, 2.75) is 6.92 Å². The number of nitrogens with one attached hydrogen (secondary N) is 1. The van der Waals surface area contributed by atoms with Crippen molar-refractivity contribution < 1.29 is 9.21 Å². The number of hydrogen-bond donors (Lipinski definition) is 1. The number of para-hydroxylation sites is 1. The Kier molecular flexibility index (Phi) is 4.48. The molecule has 5 nitrogen and oxygen atoms in total. The van der Waals surface area contributed by atoms with Crippen LogP contribution in [0, 0.1) is 6.92 Å². The highest BCUT2D eigenvalue weighted by Crippen LogP contribution is 2.35. The summed E-state index contributed by atoms with van der Waals surface area (Å²) in [6.07, 6.45) is 1.77. The third-order valence-corrected chi connectivity index (χ3v) is 5.14. The molecule has 0 atom stereocenters. The minimum Gasteiger partial charge on any atom is -0.441 e. The summed E-state index contributed by atoms with van der Waals surface area (Å²) in [5.74, 6) is 0.370. The van der Waals surface area contributed by atoms with E-state index in [4.69, 9.17) is 27.6 Å². The Labute approximate surface area is 163 Å². The highest BCUT2D eigenvalue weighted by Gasteiger charge is 2.24. The van der Waals surface area contributed by atoms with E-state index in [1.54, 1.807) is 31.2 Å². The Morgan fingerprint density at radius 2 is 2.00 bits per heavy atom. The number of aryl methyl sites for hydroxylation is 1. The molecule has 2 aromatic carbocycles. The maximum Gasteiger partial charge on any atom is 0.264 e. The van der Waals surface area contributed by atoms with E-state index in [-0.39, 0.29) is 5.91 Å². The van der Waals surface area contributed by atoms with E-state index in [0.29, 0.717) is 37.3 Å². The van der Waals surface area contributed by atoms with Crippen molar-refractivity contribution in [1.82, 2.24) is 10.3 Å². The number of benzene rings is 2. The van der Waals surface area contributed by atoms with E-state index in [1.807, 2.05) is 18.2 Å². The van der Waals surface area contributed by atoms with Crippen molar-refractivity contribution >= 4 is 68.9 Å². The summed E-state index contributed by atoms with van der Waals surface area (Å²) in [6, 6.07) is 10.7. The van der Waals surface area contributed by atoms with E-state index in [1.165, 1.54) is 11.8 Å². The summed E-state index contributed by atoms with van der Waals surface area (Å²) >= 11 is 13.5. The maximum atomic E-state index is 12.2. The number of thioether (sulfide) groups is 1. The van der Waals surface area contributed by atoms with Gasteiger partial charge >= 0.3 is 0 Å². The molecular weight excluding hydrogens is 393 g/mol. The standard InChI is InChI=1S/C18H11Cl2N3O2S/c1-9-21-13-6-5-10(7-14(13)25-9)8-15-17(24)23-18(26-15)22-16-11(19)3-2-4-12(16)20/h2-8H,1H3,(H,22,23,24)/b15-8+. The normalized spacial score (nSPS) is 17.4. The van der Waals surface area contributed by atoms with Gasteiger partial charge in [0.1, 0.15) is 11.2 Å². The third-order valence-electron chi connectivity index (χ3n) is 3.62. The Balaban J connectivity index is 1.64.